The van der Waals surface area contributed by atoms with Crippen LogP contribution in [0.4, 0.5) is 0 Å². The molecule has 0 aromatic heterocycles. The summed E-state index contributed by atoms with van der Waals surface area (Å²) < 4.78 is 0. The molecule has 88 valence electrons. The summed E-state index contributed by atoms with van der Waals surface area (Å²) in [7, 11) is 0. The van der Waals surface area contributed by atoms with Crippen LogP contribution in [-0.2, 0) is 0 Å². The number of hydrogen-bond acceptors (Lipinski definition) is 1. The van der Waals surface area contributed by atoms with Gasteiger partial charge < -0.3 is 5.32 Å². The average Bonchev–Trinajstić information content (AvgIpc) is 2.51. The van der Waals surface area contributed by atoms with Crippen molar-refractivity contribution in [2.75, 3.05) is 6.54 Å². The highest BCUT2D eigenvalue weighted by Gasteiger charge is 2.63. The first-order valence-corrected chi connectivity index (χ1v) is 6.18. The van der Waals surface area contributed by atoms with E-state index >= 15 is 0 Å². The first kappa shape index (κ1) is 12.8. The molecule has 1 nitrogen and oxygen atoms in total. The molecule has 1 N–H and O–H groups in total. The first-order valence-electron chi connectivity index (χ1n) is 6.18. The zero-order valence-electron chi connectivity index (χ0n) is 11.1. The number of allylic oxidation sites excluding steroid dienone is 1. The minimum atomic E-state index is 0.512. The van der Waals surface area contributed by atoms with E-state index in [1.54, 1.807) is 0 Å². The molecule has 0 bridgehead atoms. The van der Waals surface area contributed by atoms with Gasteiger partial charge in [0.15, 0.2) is 0 Å². The van der Waals surface area contributed by atoms with Crippen molar-refractivity contribution in [1.29, 1.82) is 0 Å². The molecule has 0 saturated heterocycles. The molecule has 1 atom stereocenters. The fourth-order valence-electron chi connectivity index (χ4n) is 2.63. The molecular weight excluding hydrogens is 182 g/mol. The molecule has 0 amide bonds. The van der Waals surface area contributed by atoms with Crippen LogP contribution < -0.4 is 5.32 Å². The van der Waals surface area contributed by atoms with E-state index in [4.69, 9.17) is 0 Å². The second-order valence-electron chi connectivity index (χ2n) is 6.17. The lowest BCUT2D eigenvalue weighted by Gasteiger charge is -2.13. The fourth-order valence-corrected chi connectivity index (χ4v) is 2.63. The predicted octanol–water partition coefficient (Wildman–Crippen LogP) is 3.61. The number of rotatable bonds is 6. The largest absolute Gasteiger partial charge is 0.314 e. The second-order valence-corrected chi connectivity index (χ2v) is 6.17. The van der Waals surface area contributed by atoms with Gasteiger partial charge in [0.2, 0.25) is 0 Å². The summed E-state index contributed by atoms with van der Waals surface area (Å²) in [4.78, 5) is 0. The van der Waals surface area contributed by atoms with Gasteiger partial charge in [-0.1, -0.05) is 33.8 Å². The molecule has 0 radical (unpaired) electrons. The van der Waals surface area contributed by atoms with Gasteiger partial charge in [-0.15, -0.1) is 6.58 Å². The van der Waals surface area contributed by atoms with Crippen molar-refractivity contribution < 1.29 is 0 Å². The Morgan fingerprint density at radius 3 is 2.20 bits per heavy atom. The van der Waals surface area contributed by atoms with Gasteiger partial charge in [-0.3, -0.25) is 0 Å². The van der Waals surface area contributed by atoms with E-state index in [9.17, 15) is 0 Å². The predicted molar refractivity (Wildman–Crippen MR) is 67.9 cm³/mol. The Balaban J connectivity index is 2.25. The molecule has 0 aromatic carbocycles. The molecule has 0 aliphatic heterocycles. The third-order valence-corrected chi connectivity index (χ3v) is 4.79. The van der Waals surface area contributed by atoms with E-state index in [0.717, 1.165) is 18.9 Å². The van der Waals surface area contributed by atoms with E-state index < -0.39 is 0 Å². The highest BCUT2D eigenvalue weighted by atomic mass is 14.9. The fraction of sp³-hybridized carbons (Fsp3) is 0.857. The quantitative estimate of drug-likeness (QED) is 0.659. The van der Waals surface area contributed by atoms with Gasteiger partial charge in [0.1, 0.15) is 0 Å². The van der Waals surface area contributed by atoms with E-state index in [2.05, 4.69) is 46.5 Å². The Morgan fingerprint density at radius 2 is 1.80 bits per heavy atom. The van der Waals surface area contributed by atoms with Crippen molar-refractivity contribution >= 4 is 0 Å². The standard InChI is InChI=1S/C14H27N/c1-7-8-9-11(2)15-10-12-13(3,4)14(12,5)6/h7,11-12,15H,1,8-10H2,2-6H3. The molecule has 1 saturated carbocycles. The third kappa shape index (κ3) is 2.44. The minimum Gasteiger partial charge on any atom is -0.314 e. The van der Waals surface area contributed by atoms with Gasteiger partial charge in [-0.2, -0.15) is 0 Å². The molecule has 15 heavy (non-hydrogen) atoms. The zero-order valence-corrected chi connectivity index (χ0v) is 11.1. The molecule has 1 unspecified atom stereocenters. The van der Waals surface area contributed by atoms with Gasteiger partial charge >= 0.3 is 0 Å². The van der Waals surface area contributed by atoms with Crippen molar-refractivity contribution in [2.45, 2.75) is 53.5 Å². The Labute approximate surface area is 95.3 Å². The van der Waals surface area contributed by atoms with Crippen LogP contribution in [0, 0.1) is 16.7 Å². The van der Waals surface area contributed by atoms with Crippen LogP contribution in [0.1, 0.15) is 47.5 Å². The van der Waals surface area contributed by atoms with Crippen LogP contribution in [0.5, 0.6) is 0 Å². The van der Waals surface area contributed by atoms with Crippen molar-refractivity contribution in [2.24, 2.45) is 16.7 Å². The Morgan fingerprint density at radius 1 is 1.27 bits per heavy atom. The second kappa shape index (κ2) is 4.29. The summed E-state index contributed by atoms with van der Waals surface area (Å²) in [6.45, 7) is 16.7. The summed E-state index contributed by atoms with van der Waals surface area (Å²) in [5.74, 6) is 0.830. The SMILES string of the molecule is C=CCCC(C)NCC1C(C)(C)C1(C)C. The zero-order chi connectivity index (χ0) is 11.7. The Bertz CT molecular complexity index is 213. The minimum absolute atomic E-state index is 0.512. The van der Waals surface area contributed by atoms with Crippen molar-refractivity contribution in [1.82, 2.24) is 5.32 Å². The van der Waals surface area contributed by atoms with E-state index in [1.165, 1.54) is 6.42 Å². The Hall–Kier alpha value is -0.300. The molecule has 0 spiro atoms. The van der Waals surface area contributed by atoms with Crippen LogP contribution in [0.2, 0.25) is 0 Å². The number of nitrogens with one attached hydrogen (secondary N) is 1. The van der Waals surface area contributed by atoms with E-state index in [1.807, 2.05) is 6.08 Å². The van der Waals surface area contributed by atoms with Crippen LogP contribution in [0.25, 0.3) is 0 Å². The third-order valence-electron chi connectivity index (χ3n) is 4.79. The highest BCUT2D eigenvalue weighted by molar-refractivity contribution is 5.12. The van der Waals surface area contributed by atoms with E-state index in [0.29, 0.717) is 16.9 Å². The van der Waals surface area contributed by atoms with Crippen molar-refractivity contribution in [3.63, 3.8) is 0 Å². The van der Waals surface area contributed by atoms with E-state index in [-0.39, 0.29) is 0 Å². The van der Waals surface area contributed by atoms with Crippen molar-refractivity contribution in [3.8, 4) is 0 Å². The average molecular weight is 209 g/mol. The highest BCUT2D eigenvalue weighted by Crippen LogP contribution is 2.67. The molecule has 1 aliphatic rings. The molecule has 1 heteroatoms. The summed E-state index contributed by atoms with van der Waals surface area (Å²) >= 11 is 0. The van der Waals surface area contributed by atoms with Crippen LogP contribution >= 0.6 is 0 Å². The molecule has 1 aliphatic carbocycles. The molecule has 0 aromatic rings. The first-order chi connectivity index (χ1) is 6.84. The van der Waals surface area contributed by atoms with Crippen molar-refractivity contribution in [3.05, 3.63) is 12.7 Å². The van der Waals surface area contributed by atoms with Crippen LogP contribution in [0.3, 0.4) is 0 Å². The maximum Gasteiger partial charge on any atom is 0.00417 e. The lowest BCUT2D eigenvalue weighted by atomic mass is 10.0. The molecule has 1 fully saturated rings. The monoisotopic (exact) mass is 209 g/mol. The summed E-state index contributed by atoms with van der Waals surface area (Å²) in [6, 6.07) is 0.621. The van der Waals surface area contributed by atoms with Crippen LogP contribution in [-0.4, -0.2) is 12.6 Å². The van der Waals surface area contributed by atoms with Gasteiger partial charge in [0.25, 0.3) is 0 Å². The normalized spacial score (nSPS) is 24.9. The smallest absolute Gasteiger partial charge is 0.00417 e. The molecule has 0 heterocycles. The maximum atomic E-state index is 3.76. The van der Waals surface area contributed by atoms with Gasteiger partial charge in [-0.25, -0.2) is 0 Å². The van der Waals surface area contributed by atoms with Gasteiger partial charge in [-0.05, 0) is 43.1 Å². The van der Waals surface area contributed by atoms with Crippen LogP contribution in [0.15, 0.2) is 12.7 Å². The number of hydrogen-bond donors (Lipinski definition) is 1. The summed E-state index contributed by atoms with van der Waals surface area (Å²) in [5.41, 5.74) is 1.02. The van der Waals surface area contributed by atoms with Gasteiger partial charge in [0, 0.05) is 6.04 Å². The maximum absolute atomic E-state index is 3.76. The summed E-state index contributed by atoms with van der Waals surface area (Å²) in [6.07, 6.45) is 4.33. The topological polar surface area (TPSA) is 12.0 Å². The molecule has 1 rings (SSSR count). The Kier molecular flexibility index (Phi) is 3.65. The molecular formula is C14H27N. The lowest BCUT2D eigenvalue weighted by Crippen LogP contribution is -2.29. The summed E-state index contributed by atoms with van der Waals surface area (Å²) in [5, 5.41) is 3.64. The van der Waals surface area contributed by atoms with Gasteiger partial charge in [0.05, 0.1) is 0 Å². The lowest BCUT2D eigenvalue weighted by molar-refractivity contribution is 0.457.